The molecule has 8 heteroatoms. The monoisotopic (exact) mass is 477 g/mol. The number of nitrogens with one attached hydrogen (secondary N) is 2. The summed E-state index contributed by atoms with van der Waals surface area (Å²) in [5, 5.41) is 6.88. The van der Waals surface area contributed by atoms with Gasteiger partial charge < -0.3 is 25.0 Å². The maximum Gasteiger partial charge on any atom is 0.319 e. The Morgan fingerprint density at radius 3 is 2.56 bits per heavy atom. The van der Waals surface area contributed by atoms with Crippen LogP contribution in [0, 0.1) is 0 Å². The molecule has 1 saturated carbocycles. The van der Waals surface area contributed by atoms with E-state index in [0.29, 0.717) is 21.8 Å². The highest BCUT2D eigenvalue weighted by Gasteiger charge is 2.50. The Morgan fingerprint density at radius 1 is 1.06 bits per heavy atom. The first kappa shape index (κ1) is 23.0. The molecule has 1 saturated heterocycles. The Kier molecular flexibility index (Phi) is 6.75. The van der Waals surface area contributed by atoms with Crippen LogP contribution in [-0.4, -0.2) is 50.8 Å². The molecule has 172 valence electrons. The summed E-state index contributed by atoms with van der Waals surface area (Å²) in [6, 6.07) is 11.5. The zero-order chi connectivity index (χ0) is 22.9. The smallest absolute Gasteiger partial charge is 0.319 e. The number of likely N-dealkylation sites (N-methyl/N-ethyl adjacent to an activating group) is 1. The Bertz CT molecular complexity index is 1000. The van der Waals surface area contributed by atoms with E-state index in [0.717, 1.165) is 43.7 Å². The van der Waals surface area contributed by atoms with Crippen molar-refractivity contribution in [1.29, 1.82) is 0 Å². The number of fused-ring (bicyclic) bond motifs is 1. The lowest BCUT2D eigenvalue weighted by atomic mass is 9.65. The van der Waals surface area contributed by atoms with Crippen LogP contribution in [0.15, 0.2) is 36.4 Å². The van der Waals surface area contributed by atoms with E-state index < -0.39 is 0 Å². The van der Waals surface area contributed by atoms with Gasteiger partial charge in [-0.3, -0.25) is 0 Å². The van der Waals surface area contributed by atoms with Crippen molar-refractivity contribution in [2.75, 3.05) is 33.1 Å². The Hall–Kier alpha value is -2.15. The van der Waals surface area contributed by atoms with Gasteiger partial charge in [-0.2, -0.15) is 0 Å². The molecular formula is C24H29Cl2N3O3. The average molecular weight is 478 g/mol. The maximum absolute atomic E-state index is 12.6. The first-order valence-electron chi connectivity index (χ1n) is 10.8. The molecule has 1 aliphatic heterocycles. The molecule has 32 heavy (non-hydrogen) atoms. The number of hydrogen-bond acceptors (Lipinski definition) is 4. The van der Waals surface area contributed by atoms with E-state index >= 15 is 0 Å². The largest absolute Gasteiger partial charge is 0.493 e. The van der Waals surface area contributed by atoms with Crippen molar-refractivity contribution in [3.8, 4) is 11.5 Å². The van der Waals surface area contributed by atoms with Crippen molar-refractivity contribution in [2.24, 2.45) is 0 Å². The standard InChI is InChI=1S/C24H29Cl2N3O3/c1-29-11-10-24(15-4-7-20(31-2)21(12-15)32-3)9-8-17(14-22(24)29)28-23(30)27-16-5-6-18(25)19(26)13-16/h4-7,12-13,17,22H,8-11,14H2,1-3H3,(H2,27,28,30)/t17-,22+,24-/m0/s1. The van der Waals surface area contributed by atoms with Gasteiger partial charge in [0.1, 0.15) is 0 Å². The van der Waals surface area contributed by atoms with Gasteiger partial charge in [-0.1, -0.05) is 29.3 Å². The highest BCUT2D eigenvalue weighted by Crippen LogP contribution is 2.49. The van der Waals surface area contributed by atoms with Crippen LogP contribution >= 0.6 is 23.2 Å². The highest BCUT2D eigenvalue weighted by molar-refractivity contribution is 6.42. The summed E-state index contributed by atoms with van der Waals surface area (Å²) in [6.07, 6.45) is 3.88. The van der Waals surface area contributed by atoms with Crippen molar-refractivity contribution in [2.45, 2.75) is 43.2 Å². The number of halogens is 2. The van der Waals surface area contributed by atoms with Gasteiger partial charge in [0.15, 0.2) is 11.5 Å². The third kappa shape index (κ3) is 4.36. The van der Waals surface area contributed by atoms with Gasteiger partial charge in [-0.05, 0) is 75.2 Å². The summed E-state index contributed by atoms with van der Waals surface area (Å²) in [5.41, 5.74) is 1.95. The molecule has 1 heterocycles. The first-order valence-corrected chi connectivity index (χ1v) is 11.6. The van der Waals surface area contributed by atoms with Crippen molar-refractivity contribution in [3.63, 3.8) is 0 Å². The van der Waals surface area contributed by atoms with E-state index in [-0.39, 0.29) is 17.5 Å². The molecule has 2 fully saturated rings. The van der Waals surface area contributed by atoms with Crippen LogP contribution in [-0.2, 0) is 5.41 Å². The van der Waals surface area contributed by atoms with Gasteiger partial charge >= 0.3 is 6.03 Å². The van der Waals surface area contributed by atoms with E-state index in [1.54, 1.807) is 32.4 Å². The molecule has 2 aromatic rings. The van der Waals surface area contributed by atoms with Gasteiger partial charge in [-0.25, -0.2) is 4.79 Å². The van der Waals surface area contributed by atoms with E-state index in [9.17, 15) is 4.79 Å². The number of rotatable bonds is 5. The second kappa shape index (κ2) is 9.38. The molecule has 4 rings (SSSR count). The highest BCUT2D eigenvalue weighted by atomic mass is 35.5. The summed E-state index contributed by atoms with van der Waals surface area (Å²) >= 11 is 12.0. The van der Waals surface area contributed by atoms with Crippen molar-refractivity contribution >= 4 is 34.9 Å². The van der Waals surface area contributed by atoms with Crippen molar-refractivity contribution in [3.05, 3.63) is 52.0 Å². The van der Waals surface area contributed by atoms with Crippen LogP contribution in [0.4, 0.5) is 10.5 Å². The van der Waals surface area contributed by atoms with E-state index in [4.69, 9.17) is 32.7 Å². The average Bonchev–Trinajstić information content (AvgIpc) is 3.13. The van der Waals surface area contributed by atoms with Crippen LogP contribution in [0.5, 0.6) is 11.5 Å². The van der Waals surface area contributed by atoms with Gasteiger partial charge in [0, 0.05) is 23.2 Å². The SMILES string of the molecule is COc1ccc([C@@]23CC[C@H](NC(=O)Nc4ccc(Cl)c(Cl)c4)C[C@H]2N(C)CC3)cc1OC. The summed E-state index contributed by atoms with van der Waals surface area (Å²) in [5.74, 6) is 1.50. The normalized spacial score (nSPS) is 25.2. The van der Waals surface area contributed by atoms with Crippen molar-refractivity contribution < 1.29 is 14.3 Å². The Morgan fingerprint density at radius 2 is 1.84 bits per heavy atom. The third-order valence-electron chi connectivity index (χ3n) is 7.00. The number of likely N-dealkylation sites (tertiary alicyclic amines) is 1. The molecule has 0 radical (unpaired) electrons. The lowest BCUT2D eigenvalue weighted by molar-refractivity contribution is 0.156. The number of methoxy groups -OCH3 is 2. The number of benzene rings is 2. The molecule has 0 unspecified atom stereocenters. The molecule has 0 spiro atoms. The van der Waals surface area contributed by atoms with Gasteiger partial charge in [0.25, 0.3) is 0 Å². The molecule has 1 aliphatic carbocycles. The third-order valence-corrected chi connectivity index (χ3v) is 7.74. The molecule has 0 bridgehead atoms. The van der Waals surface area contributed by atoms with Crippen LogP contribution in [0.1, 0.15) is 31.2 Å². The number of ether oxygens (including phenoxy) is 2. The number of carbonyl (C=O) groups is 1. The topological polar surface area (TPSA) is 62.8 Å². The number of urea groups is 1. The summed E-state index contributed by atoms with van der Waals surface area (Å²) in [4.78, 5) is 15.0. The molecule has 2 aromatic carbocycles. The fourth-order valence-electron chi connectivity index (χ4n) is 5.32. The number of amides is 2. The summed E-state index contributed by atoms with van der Waals surface area (Å²) in [7, 11) is 5.50. The fraction of sp³-hybridized carbons (Fsp3) is 0.458. The number of anilines is 1. The minimum absolute atomic E-state index is 0.0483. The number of nitrogens with zero attached hydrogens (tertiary/aromatic N) is 1. The first-order chi connectivity index (χ1) is 15.4. The van der Waals surface area contributed by atoms with Crippen LogP contribution in [0.25, 0.3) is 0 Å². The second-order valence-electron chi connectivity index (χ2n) is 8.67. The number of carbonyl (C=O) groups excluding carboxylic acids is 1. The van der Waals surface area contributed by atoms with Crippen molar-refractivity contribution in [1.82, 2.24) is 10.2 Å². The maximum atomic E-state index is 12.6. The van der Waals surface area contributed by atoms with Gasteiger partial charge in [0.2, 0.25) is 0 Å². The zero-order valence-corrected chi connectivity index (χ0v) is 20.1. The van der Waals surface area contributed by atoms with E-state index in [1.165, 1.54) is 5.56 Å². The predicted octanol–water partition coefficient (Wildman–Crippen LogP) is 5.33. The minimum atomic E-state index is -0.229. The predicted molar refractivity (Wildman–Crippen MR) is 129 cm³/mol. The van der Waals surface area contributed by atoms with E-state index in [1.807, 2.05) is 6.07 Å². The molecule has 2 amide bonds. The fourth-order valence-corrected chi connectivity index (χ4v) is 5.62. The zero-order valence-electron chi connectivity index (χ0n) is 18.6. The Balaban J connectivity index is 1.47. The van der Waals surface area contributed by atoms with Crippen LogP contribution in [0.3, 0.4) is 0 Å². The van der Waals surface area contributed by atoms with Crippen LogP contribution in [0.2, 0.25) is 10.0 Å². The Labute approximate surface area is 199 Å². The molecule has 6 nitrogen and oxygen atoms in total. The molecule has 2 N–H and O–H groups in total. The quantitative estimate of drug-likeness (QED) is 0.610. The summed E-state index contributed by atoms with van der Waals surface area (Å²) in [6.45, 7) is 1.03. The summed E-state index contributed by atoms with van der Waals surface area (Å²) < 4.78 is 11.0. The minimum Gasteiger partial charge on any atom is -0.493 e. The lowest BCUT2D eigenvalue weighted by Gasteiger charge is -2.45. The second-order valence-corrected chi connectivity index (χ2v) is 9.49. The number of hydrogen-bond donors (Lipinski definition) is 2. The van der Waals surface area contributed by atoms with E-state index in [2.05, 4.69) is 34.7 Å². The van der Waals surface area contributed by atoms with Gasteiger partial charge in [-0.15, -0.1) is 0 Å². The van der Waals surface area contributed by atoms with Crippen LogP contribution < -0.4 is 20.1 Å². The van der Waals surface area contributed by atoms with Gasteiger partial charge in [0.05, 0.1) is 24.3 Å². The molecule has 2 aliphatic rings. The lowest BCUT2D eigenvalue weighted by Crippen LogP contribution is -2.52. The molecular weight excluding hydrogens is 449 g/mol. The molecule has 0 aromatic heterocycles. The molecule has 3 atom stereocenters.